The third-order valence-electron chi connectivity index (χ3n) is 4.58. The van der Waals surface area contributed by atoms with E-state index in [0.717, 1.165) is 23.1 Å². The highest BCUT2D eigenvalue weighted by Crippen LogP contribution is 2.32. The van der Waals surface area contributed by atoms with Crippen LogP contribution in [0.4, 0.5) is 0 Å². The number of rotatable bonds is 4. The first-order valence-electron chi connectivity index (χ1n) is 8.91. The number of ether oxygens (including phenoxy) is 3. The fourth-order valence-electron chi connectivity index (χ4n) is 2.97. The van der Waals surface area contributed by atoms with Gasteiger partial charge in [-0.1, -0.05) is 18.6 Å². The Balaban J connectivity index is 2.34. The summed E-state index contributed by atoms with van der Waals surface area (Å²) in [6, 6.07) is 0. The average Bonchev–Trinajstić information content (AvgIpc) is 2.88. The van der Waals surface area contributed by atoms with Crippen molar-refractivity contribution in [1.82, 2.24) is 0 Å². The minimum atomic E-state index is -0.512. The van der Waals surface area contributed by atoms with E-state index in [1.54, 1.807) is 6.92 Å². The Labute approximate surface area is 153 Å². The average molecular weight is 362 g/mol. The van der Waals surface area contributed by atoms with Crippen LogP contribution in [0.15, 0.2) is 34.4 Å². The lowest BCUT2D eigenvalue weighted by Gasteiger charge is -2.21. The maximum Gasteiger partial charge on any atom is 0.338 e. The van der Waals surface area contributed by atoms with Crippen molar-refractivity contribution in [2.45, 2.75) is 65.6 Å². The Morgan fingerprint density at radius 1 is 1.27 bits per heavy atom. The van der Waals surface area contributed by atoms with Gasteiger partial charge in [0.25, 0.3) is 0 Å². The zero-order valence-corrected chi connectivity index (χ0v) is 15.8. The number of hydrogen-bond donors (Lipinski definition) is 0. The summed E-state index contributed by atoms with van der Waals surface area (Å²) in [5.74, 6) is -1.16. The molecule has 0 unspecified atom stereocenters. The van der Waals surface area contributed by atoms with Gasteiger partial charge in [-0.05, 0) is 43.9 Å². The highest BCUT2D eigenvalue weighted by atomic mass is 16.6. The topological polar surface area (TPSA) is 78.9 Å². The van der Waals surface area contributed by atoms with Crippen LogP contribution in [0.3, 0.4) is 0 Å². The smallest absolute Gasteiger partial charge is 0.338 e. The van der Waals surface area contributed by atoms with Crippen LogP contribution in [0.1, 0.15) is 53.4 Å². The summed E-state index contributed by atoms with van der Waals surface area (Å²) in [5, 5.41) is 0. The summed E-state index contributed by atoms with van der Waals surface area (Å²) >= 11 is 0. The van der Waals surface area contributed by atoms with Crippen LogP contribution in [-0.4, -0.2) is 36.7 Å². The third-order valence-corrected chi connectivity index (χ3v) is 4.58. The van der Waals surface area contributed by atoms with Gasteiger partial charge in [0.15, 0.2) is 0 Å². The normalized spacial score (nSPS) is 27.5. The van der Waals surface area contributed by atoms with E-state index in [1.165, 1.54) is 6.92 Å². The van der Waals surface area contributed by atoms with Crippen molar-refractivity contribution >= 4 is 17.9 Å². The molecule has 0 fully saturated rings. The van der Waals surface area contributed by atoms with Gasteiger partial charge in [-0.2, -0.15) is 0 Å². The second-order valence-electron chi connectivity index (χ2n) is 6.64. The molecule has 2 rings (SSSR count). The molecule has 0 amide bonds. The van der Waals surface area contributed by atoms with Crippen LogP contribution in [-0.2, 0) is 28.6 Å². The maximum atomic E-state index is 12.2. The molecule has 0 aromatic rings. The predicted octanol–water partition coefficient (Wildman–Crippen LogP) is 3.17. The van der Waals surface area contributed by atoms with Crippen molar-refractivity contribution in [3.8, 4) is 0 Å². The van der Waals surface area contributed by atoms with Crippen molar-refractivity contribution in [3.05, 3.63) is 34.4 Å². The highest BCUT2D eigenvalue weighted by Gasteiger charge is 2.34. The van der Waals surface area contributed by atoms with Crippen LogP contribution in [0.5, 0.6) is 0 Å². The Morgan fingerprint density at radius 2 is 2.00 bits per heavy atom. The predicted molar refractivity (Wildman–Crippen MR) is 95.1 cm³/mol. The molecule has 1 aliphatic heterocycles. The number of esters is 3. The minimum Gasteiger partial charge on any atom is -0.461 e. The van der Waals surface area contributed by atoms with E-state index >= 15 is 0 Å². The lowest BCUT2D eigenvalue weighted by Crippen LogP contribution is -2.21. The van der Waals surface area contributed by atoms with Crippen LogP contribution in [0.2, 0.25) is 0 Å². The van der Waals surface area contributed by atoms with Gasteiger partial charge in [-0.15, -0.1) is 0 Å². The monoisotopic (exact) mass is 362 g/mol. The zero-order valence-electron chi connectivity index (χ0n) is 15.8. The van der Waals surface area contributed by atoms with Crippen molar-refractivity contribution in [3.63, 3.8) is 0 Å². The van der Waals surface area contributed by atoms with Crippen molar-refractivity contribution in [2.24, 2.45) is 0 Å². The molecule has 1 aliphatic carbocycles. The van der Waals surface area contributed by atoms with Gasteiger partial charge in [-0.3, -0.25) is 9.59 Å². The zero-order chi connectivity index (χ0) is 19.3. The van der Waals surface area contributed by atoms with E-state index in [4.69, 9.17) is 14.2 Å². The van der Waals surface area contributed by atoms with E-state index in [-0.39, 0.29) is 18.7 Å². The second-order valence-corrected chi connectivity index (χ2v) is 6.64. The van der Waals surface area contributed by atoms with Crippen molar-refractivity contribution < 1.29 is 28.6 Å². The summed E-state index contributed by atoms with van der Waals surface area (Å²) in [6.45, 7) is 6.86. The molecule has 0 saturated carbocycles. The molecule has 6 heteroatoms. The summed E-state index contributed by atoms with van der Waals surface area (Å²) in [5.41, 5.74) is 3.21. The quantitative estimate of drug-likeness (QED) is 0.434. The van der Waals surface area contributed by atoms with Crippen LogP contribution in [0.25, 0.3) is 0 Å². The highest BCUT2D eigenvalue weighted by molar-refractivity contribution is 5.93. The SMILES string of the molecule is CCC(=O)O[C@H]1C/C=C(/C)CCC2=C(COC(C)=O)C(=O)O[C@@H]2/C=C/1C. The van der Waals surface area contributed by atoms with Crippen molar-refractivity contribution in [1.29, 1.82) is 0 Å². The molecule has 2 atom stereocenters. The van der Waals surface area contributed by atoms with E-state index in [0.29, 0.717) is 24.8 Å². The fourth-order valence-corrected chi connectivity index (χ4v) is 2.97. The Bertz CT molecular complexity index is 682. The molecule has 1 heterocycles. The Hall–Kier alpha value is -2.37. The fraction of sp³-hybridized carbons (Fsp3) is 0.550. The van der Waals surface area contributed by atoms with Crippen LogP contribution >= 0.6 is 0 Å². The number of carbonyl (C=O) groups excluding carboxylic acids is 3. The van der Waals surface area contributed by atoms with Gasteiger partial charge in [0.2, 0.25) is 0 Å². The van der Waals surface area contributed by atoms with Crippen LogP contribution in [0, 0.1) is 0 Å². The van der Waals surface area contributed by atoms with E-state index in [9.17, 15) is 14.4 Å². The molecule has 0 bridgehead atoms. The Kier molecular flexibility index (Phi) is 6.77. The summed E-state index contributed by atoms with van der Waals surface area (Å²) in [6.07, 6.45) is 5.31. The number of carbonyl (C=O) groups is 3. The van der Waals surface area contributed by atoms with Gasteiger partial charge in [0, 0.05) is 19.8 Å². The lowest BCUT2D eigenvalue weighted by molar-refractivity contribution is -0.147. The van der Waals surface area contributed by atoms with Gasteiger partial charge in [0.1, 0.15) is 18.8 Å². The van der Waals surface area contributed by atoms with Crippen molar-refractivity contribution in [2.75, 3.05) is 6.61 Å². The van der Waals surface area contributed by atoms with E-state index in [1.807, 2.05) is 19.9 Å². The molecule has 0 saturated heterocycles. The standard InChI is InChI=1S/C20H26O6/c1-5-19(22)25-17-9-7-12(2)6-8-15-16(11-24-14(4)21)20(23)26-18(15)10-13(17)3/h7,10,17-18H,5-6,8-9,11H2,1-4H3/b12-7-,13-10+/t17-,18+/m0/s1. The molecule has 6 nitrogen and oxygen atoms in total. The van der Waals surface area contributed by atoms with Gasteiger partial charge in [0.05, 0.1) is 5.57 Å². The van der Waals surface area contributed by atoms with Gasteiger partial charge < -0.3 is 14.2 Å². The molecule has 2 aliphatic rings. The Morgan fingerprint density at radius 3 is 2.65 bits per heavy atom. The minimum absolute atomic E-state index is 0.0795. The molecule has 0 spiro atoms. The largest absolute Gasteiger partial charge is 0.461 e. The first kappa shape index (κ1) is 19.9. The number of allylic oxidation sites excluding steroid dienone is 1. The molecule has 0 aromatic heterocycles. The number of hydrogen-bond acceptors (Lipinski definition) is 6. The summed E-state index contributed by atoms with van der Waals surface area (Å²) < 4.78 is 16.0. The molecular weight excluding hydrogens is 336 g/mol. The molecule has 0 N–H and O–H groups in total. The molecule has 26 heavy (non-hydrogen) atoms. The van der Waals surface area contributed by atoms with E-state index < -0.39 is 18.0 Å². The van der Waals surface area contributed by atoms with E-state index in [2.05, 4.69) is 6.08 Å². The molecule has 0 aromatic carbocycles. The van der Waals surface area contributed by atoms with Crippen LogP contribution < -0.4 is 0 Å². The molecule has 142 valence electrons. The summed E-state index contributed by atoms with van der Waals surface area (Å²) in [7, 11) is 0. The van der Waals surface area contributed by atoms with Gasteiger partial charge in [-0.25, -0.2) is 4.79 Å². The summed E-state index contributed by atoms with van der Waals surface area (Å²) in [4.78, 5) is 35.1. The first-order chi connectivity index (χ1) is 12.3. The lowest BCUT2D eigenvalue weighted by atomic mass is 9.93. The first-order valence-corrected chi connectivity index (χ1v) is 8.91. The maximum absolute atomic E-state index is 12.2. The molecular formula is C20H26O6. The second kappa shape index (κ2) is 8.83. The van der Waals surface area contributed by atoms with Gasteiger partial charge >= 0.3 is 17.9 Å². The number of fused-ring (bicyclic) bond motifs is 1. The molecule has 0 radical (unpaired) electrons. The third kappa shape index (κ3) is 5.07.